The summed E-state index contributed by atoms with van der Waals surface area (Å²) in [5, 5.41) is 7.85. The number of nitrogens with zero attached hydrogens (tertiary/aromatic N) is 2. The molecule has 6 heteroatoms. The molecule has 0 N–H and O–H groups in total. The van der Waals surface area contributed by atoms with Gasteiger partial charge in [-0.15, -0.1) is 10.2 Å². The molecule has 0 unspecified atom stereocenters. The summed E-state index contributed by atoms with van der Waals surface area (Å²) in [4.78, 5) is 0. The van der Waals surface area contributed by atoms with E-state index in [1.54, 1.807) is 6.92 Å². The molecule has 2 aromatic rings. The Kier molecular flexibility index (Phi) is 4.48. The van der Waals surface area contributed by atoms with E-state index in [-0.39, 0.29) is 24.2 Å². The van der Waals surface area contributed by atoms with Crippen LogP contribution in [-0.4, -0.2) is 28.5 Å². The van der Waals surface area contributed by atoms with Crippen LogP contribution in [0.15, 0.2) is 28.7 Å². The first kappa shape index (κ1) is 17.7. The van der Waals surface area contributed by atoms with Gasteiger partial charge in [-0.05, 0) is 52.2 Å². The van der Waals surface area contributed by atoms with Gasteiger partial charge in [-0.25, -0.2) is 0 Å². The van der Waals surface area contributed by atoms with Crippen molar-refractivity contribution in [3.05, 3.63) is 41.6 Å². The Hall–Kier alpha value is -2.10. The molecule has 0 bridgehead atoms. The highest BCUT2D eigenvalue weighted by Crippen LogP contribution is 2.36. The van der Waals surface area contributed by atoms with Crippen molar-refractivity contribution in [2.24, 2.45) is 0 Å². The minimum atomic E-state index is -0.386. The molecular weight excluding hydrogens is 315 g/mol. The van der Waals surface area contributed by atoms with Crippen LogP contribution in [0.2, 0.25) is 0 Å². The fourth-order valence-electron chi connectivity index (χ4n) is 2.48. The van der Waals surface area contributed by atoms with Crippen LogP contribution in [0.4, 0.5) is 0 Å². The Morgan fingerprint density at radius 1 is 1.08 bits per heavy atom. The number of aryl methyl sites for hydroxylation is 1. The van der Waals surface area contributed by atoms with Crippen molar-refractivity contribution in [1.29, 1.82) is 0 Å². The average Bonchev–Trinajstić information content (AvgIpc) is 3.06. The van der Waals surface area contributed by atoms with Gasteiger partial charge in [0.25, 0.3) is 0 Å². The second-order valence-corrected chi connectivity index (χ2v) is 7.36. The molecule has 5 nitrogen and oxygen atoms in total. The highest BCUT2D eigenvalue weighted by molar-refractivity contribution is 6.62. The Morgan fingerprint density at radius 3 is 2.36 bits per heavy atom. The largest absolute Gasteiger partial charge is 0.494 e. The third-order valence-corrected chi connectivity index (χ3v) is 4.76. The van der Waals surface area contributed by atoms with E-state index in [4.69, 9.17) is 13.7 Å². The Bertz CT molecular complexity index is 816. The third-order valence-electron chi connectivity index (χ3n) is 4.76. The van der Waals surface area contributed by atoms with Gasteiger partial charge in [-0.1, -0.05) is 24.0 Å². The number of hydrogen-bond donors (Lipinski definition) is 0. The molecule has 2 heterocycles. The zero-order chi connectivity index (χ0) is 18.2. The number of hydrogen-bond acceptors (Lipinski definition) is 5. The van der Waals surface area contributed by atoms with Crippen molar-refractivity contribution in [2.75, 3.05) is 0 Å². The predicted octanol–water partition coefficient (Wildman–Crippen LogP) is 2.83. The van der Waals surface area contributed by atoms with Gasteiger partial charge in [0.15, 0.2) is 0 Å². The lowest BCUT2D eigenvalue weighted by Gasteiger charge is -2.32. The van der Waals surface area contributed by atoms with Crippen LogP contribution >= 0.6 is 0 Å². The maximum atomic E-state index is 6.10. The van der Waals surface area contributed by atoms with Crippen molar-refractivity contribution in [3.63, 3.8) is 0 Å². The lowest BCUT2D eigenvalue weighted by Crippen LogP contribution is -2.41. The molecule has 1 atom stereocenters. The molecule has 0 spiro atoms. The summed E-state index contributed by atoms with van der Waals surface area (Å²) in [5.74, 6) is 7.28. The molecule has 0 aliphatic carbocycles. The summed E-state index contributed by atoms with van der Waals surface area (Å²) >= 11 is 0. The molecule has 1 saturated heterocycles. The van der Waals surface area contributed by atoms with Crippen LogP contribution in [0.25, 0.3) is 0 Å². The molecule has 130 valence electrons. The first-order valence-corrected chi connectivity index (χ1v) is 8.45. The SMILES string of the molecule is Cc1nnc([C@@H](C)C#Cc2cccc(B3OC(C)(C)C(C)(C)O3)c2)o1. The van der Waals surface area contributed by atoms with Gasteiger partial charge in [0, 0.05) is 12.5 Å². The van der Waals surface area contributed by atoms with Gasteiger partial charge in [-0.3, -0.25) is 0 Å². The van der Waals surface area contributed by atoms with Gasteiger partial charge in [0.05, 0.1) is 17.1 Å². The monoisotopic (exact) mass is 338 g/mol. The first-order valence-electron chi connectivity index (χ1n) is 8.45. The Morgan fingerprint density at radius 2 is 1.76 bits per heavy atom. The van der Waals surface area contributed by atoms with Crippen LogP contribution < -0.4 is 5.46 Å². The Balaban J connectivity index is 1.78. The molecule has 1 aliphatic rings. The second-order valence-electron chi connectivity index (χ2n) is 7.36. The van der Waals surface area contributed by atoms with Crippen molar-refractivity contribution in [1.82, 2.24) is 10.2 Å². The normalized spacial score (nSPS) is 19.4. The van der Waals surface area contributed by atoms with E-state index in [0.29, 0.717) is 11.8 Å². The average molecular weight is 338 g/mol. The van der Waals surface area contributed by atoms with Crippen molar-refractivity contribution < 1.29 is 13.7 Å². The van der Waals surface area contributed by atoms with Crippen molar-refractivity contribution in [2.45, 2.75) is 58.7 Å². The van der Waals surface area contributed by atoms with E-state index >= 15 is 0 Å². The topological polar surface area (TPSA) is 57.4 Å². The van der Waals surface area contributed by atoms with E-state index in [9.17, 15) is 0 Å². The molecule has 0 radical (unpaired) electrons. The van der Waals surface area contributed by atoms with Crippen molar-refractivity contribution >= 4 is 12.6 Å². The molecule has 1 aromatic carbocycles. The number of rotatable bonds is 2. The van der Waals surface area contributed by atoms with E-state index in [2.05, 4.69) is 22.0 Å². The third kappa shape index (κ3) is 3.63. The highest BCUT2D eigenvalue weighted by atomic mass is 16.7. The van der Waals surface area contributed by atoms with Crippen LogP contribution in [0, 0.1) is 18.8 Å². The van der Waals surface area contributed by atoms with Gasteiger partial charge >= 0.3 is 7.12 Å². The molecule has 1 aromatic heterocycles. The van der Waals surface area contributed by atoms with Crippen LogP contribution in [-0.2, 0) is 9.31 Å². The minimum Gasteiger partial charge on any atom is -0.424 e. The maximum absolute atomic E-state index is 6.10. The fraction of sp³-hybridized carbons (Fsp3) is 0.474. The van der Waals surface area contributed by atoms with Crippen LogP contribution in [0.1, 0.15) is 57.9 Å². The van der Waals surface area contributed by atoms with E-state index < -0.39 is 0 Å². The maximum Gasteiger partial charge on any atom is 0.494 e. The fourth-order valence-corrected chi connectivity index (χ4v) is 2.48. The van der Waals surface area contributed by atoms with Crippen molar-refractivity contribution in [3.8, 4) is 11.8 Å². The standard InChI is InChI=1S/C19H23BN2O3/c1-13(17-22-21-14(2)23-17)10-11-15-8-7-9-16(12-15)20-24-18(3,4)19(5,6)25-20/h7-9,12-13H,1-6H3/t13-/m0/s1. The van der Waals surface area contributed by atoms with Gasteiger partial charge in [0.1, 0.15) is 0 Å². The smallest absolute Gasteiger partial charge is 0.424 e. The summed E-state index contributed by atoms with van der Waals surface area (Å²) < 4.78 is 17.6. The van der Waals surface area contributed by atoms with E-state index in [1.807, 2.05) is 58.9 Å². The molecule has 1 aliphatic heterocycles. The van der Waals surface area contributed by atoms with Crippen LogP contribution in [0.3, 0.4) is 0 Å². The minimum absolute atomic E-state index is 0.123. The second kappa shape index (κ2) is 6.32. The molecule has 0 amide bonds. The predicted molar refractivity (Wildman–Crippen MR) is 96.5 cm³/mol. The van der Waals surface area contributed by atoms with E-state index in [1.165, 1.54) is 0 Å². The zero-order valence-corrected chi connectivity index (χ0v) is 15.6. The van der Waals surface area contributed by atoms with Gasteiger partial charge in [-0.2, -0.15) is 0 Å². The summed E-state index contributed by atoms with van der Waals surface area (Å²) in [6.07, 6.45) is 0. The quantitative estimate of drug-likeness (QED) is 0.623. The highest BCUT2D eigenvalue weighted by Gasteiger charge is 2.51. The van der Waals surface area contributed by atoms with Gasteiger partial charge in [0.2, 0.25) is 11.8 Å². The zero-order valence-electron chi connectivity index (χ0n) is 15.6. The molecule has 25 heavy (non-hydrogen) atoms. The lowest BCUT2D eigenvalue weighted by molar-refractivity contribution is 0.00578. The summed E-state index contributed by atoms with van der Waals surface area (Å²) in [6, 6.07) is 7.93. The van der Waals surface area contributed by atoms with Gasteiger partial charge < -0.3 is 13.7 Å². The summed E-state index contributed by atoms with van der Waals surface area (Å²) in [6.45, 7) is 11.9. The summed E-state index contributed by atoms with van der Waals surface area (Å²) in [7, 11) is -0.386. The first-order chi connectivity index (χ1) is 11.7. The summed E-state index contributed by atoms with van der Waals surface area (Å²) in [5.41, 5.74) is 1.15. The van der Waals surface area contributed by atoms with Crippen LogP contribution in [0.5, 0.6) is 0 Å². The molecular formula is C19H23BN2O3. The van der Waals surface area contributed by atoms with E-state index in [0.717, 1.165) is 11.0 Å². The lowest BCUT2D eigenvalue weighted by atomic mass is 9.78. The molecule has 3 rings (SSSR count). The Labute approximate surface area is 149 Å². The molecule has 0 saturated carbocycles. The number of aromatic nitrogens is 2. The number of benzene rings is 1. The molecule has 1 fully saturated rings.